The topological polar surface area (TPSA) is 41.8 Å². The van der Waals surface area contributed by atoms with Gasteiger partial charge in [0.05, 0.1) is 0 Å². The second-order valence-electron chi connectivity index (χ2n) is 4.24. The minimum absolute atomic E-state index is 0.0856. The molecule has 1 aromatic carbocycles. The van der Waals surface area contributed by atoms with Gasteiger partial charge in [0.2, 0.25) is 0 Å². The van der Waals surface area contributed by atoms with E-state index in [9.17, 15) is 4.79 Å². The molecule has 0 spiro atoms. The molecule has 0 saturated heterocycles. The molecule has 0 saturated carbocycles. The molecule has 0 unspecified atom stereocenters. The van der Waals surface area contributed by atoms with E-state index in [1.807, 2.05) is 18.2 Å². The first kappa shape index (κ1) is 14.3. The summed E-state index contributed by atoms with van der Waals surface area (Å²) in [6.45, 7) is 7.23. The Labute approximate surface area is 109 Å². The van der Waals surface area contributed by atoms with Crippen LogP contribution in [0.25, 0.3) is 0 Å². The van der Waals surface area contributed by atoms with Crippen molar-refractivity contribution in [3.63, 3.8) is 0 Å². The molecular formula is C15H20N2O. The molecule has 96 valence electrons. The standard InChI is InChI=1S/C15H20N2O/c1-5-6-7-12-8-9-13(15(16-3)17-4)10-14(12)11(2)18/h8-10H,3,5-7H2,1-2,4H3. The summed E-state index contributed by atoms with van der Waals surface area (Å²) in [4.78, 5) is 19.6. The Balaban J connectivity index is 3.18. The van der Waals surface area contributed by atoms with Crippen LogP contribution in [-0.4, -0.2) is 25.4 Å². The molecule has 3 heteroatoms. The number of unbranched alkanes of at least 4 members (excludes halogenated alkanes) is 1. The average molecular weight is 244 g/mol. The number of amidine groups is 1. The highest BCUT2D eigenvalue weighted by atomic mass is 16.1. The molecule has 0 atom stereocenters. The van der Waals surface area contributed by atoms with Gasteiger partial charge in [0.25, 0.3) is 0 Å². The molecule has 0 amide bonds. The van der Waals surface area contributed by atoms with E-state index in [4.69, 9.17) is 0 Å². The van der Waals surface area contributed by atoms with Crippen LogP contribution in [0, 0.1) is 0 Å². The maximum absolute atomic E-state index is 11.7. The van der Waals surface area contributed by atoms with Gasteiger partial charge in [-0.1, -0.05) is 25.5 Å². The number of hydrogen-bond acceptors (Lipinski definition) is 2. The summed E-state index contributed by atoms with van der Waals surface area (Å²) >= 11 is 0. The van der Waals surface area contributed by atoms with Crippen molar-refractivity contribution in [2.24, 2.45) is 9.98 Å². The van der Waals surface area contributed by atoms with Crippen molar-refractivity contribution in [1.82, 2.24) is 0 Å². The highest BCUT2D eigenvalue weighted by Gasteiger charge is 2.10. The summed E-state index contributed by atoms with van der Waals surface area (Å²) in [5.74, 6) is 0.655. The van der Waals surface area contributed by atoms with Gasteiger partial charge in [0.15, 0.2) is 11.6 Å². The number of ketones is 1. The number of carbonyl (C=O) groups is 1. The summed E-state index contributed by atoms with van der Waals surface area (Å²) in [5, 5.41) is 0. The van der Waals surface area contributed by atoms with Gasteiger partial charge in [-0.25, -0.2) is 4.99 Å². The van der Waals surface area contributed by atoms with Gasteiger partial charge in [0.1, 0.15) is 0 Å². The molecule has 0 aliphatic heterocycles. The van der Waals surface area contributed by atoms with E-state index in [1.54, 1.807) is 14.0 Å². The number of benzene rings is 1. The fourth-order valence-electron chi connectivity index (χ4n) is 1.92. The van der Waals surface area contributed by atoms with Gasteiger partial charge in [-0.3, -0.25) is 9.79 Å². The monoisotopic (exact) mass is 244 g/mol. The third-order valence-electron chi connectivity index (χ3n) is 2.91. The van der Waals surface area contributed by atoms with Gasteiger partial charge in [0, 0.05) is 18.2 Å². The normalized spacial score (nSPS) is 11.4. The highest BCUT2D eigenvalue weighted by molar-refractivity contribution is 6.04. The van der Waals surface area contributed by atoms with Crippen LogP contribution in [0.4, 0.5) is 0 Å². The lowest BCUT2D eigenvalue weighted by molar-refractivity contribution is 0.101. The van der Waals surface area contributed by atoms with Crippen LogP contribution in [0.5, 0.6) is 0 Å². The maximum atomic E-state index is 11.7. The molecule has 3 nitrogen and oxygen atoms in total. The summed E-state index contributed by atoms with van der Waals surface area (Å²) in [5.41, 5.74) is 2.72. The molecule has 0 aromatic heterocycles. The van der Waals surface area contributed by atoms with Crippen LogP contribution in [0.2, 0.25) is 0 Å². The Morgan fingerprint density at radius 2 is 2.11 bits per heavy atom. The van der Waals surface area contributed by atoms with Crippen molar-refractivity contribution in [1.29, 1.82) is 0 Å². The fraction of sp³-hybridized carbons (Fsp3) is 0.400. The van der Waals surface area contributed by atoms with Crippen molar-refractivity contribution >= 4 is 18.3 Å². The van der Waals surface area contributed by atoms with Gasteiger partial charge >= 0.3 is 0 Å². The van der Waals surface area contributed by atoms with Crippen LogP contribution in [0.1, 0.15) is 48.2 Å². The molecule has 0 bridgehead atoms. The van der Waals surface area contributed by atoms with Crippen molar-refractivity contribution in [3.8, 4) is 0 Å². The first-order chi connectivity index (χ1) is 8.63. The van der Waals surface area contributed by atoms with Gasteiger partial charge < -0.3 is 0 Å². The van der Waals surface area contributed by atoms with Crippen LogP contribution in [0.3, 0.4) is 0 Å². The van der Waals surface area contributed by atoms with Crippen LogP contribution < -0.4 is 0 Å². The fourth-order valence-corrected chi connectivity index (χ4v) is 1.92. The summed E-state index contributed by atoms with van der Waals surface area (Å²) in [7, 11) is 1.67. The zero-order valence-electron chi connectivity index (χ0n) is 11.4. The second kappa shape index (κ2) is 6.84. The maximum Gasteiger partial charge on any atom is 0.160 e. The van der Waals surface area contributed by atoms with E-state index in [1.165, 1.54) is 0 Å². The van der Waals surface area contributed by atoms with Crippen molar-refractivity contribution in [3.05, 3.63) is 34.9 Å². The predicted molar refractivity (Wildman–Crippen MR) is 77.1 cm³/mol. The van der Waals surface area contributed by atoms with E-state index >= 15 is 0 Å². The lowest BCUT2D eigenvalue weighted by atomic mass is 9.97. The molecular weight excluding hydrogens is 224 g/mol. The molecule has 1 aromatic rings. The number of nitrogens with zero attached hydrogens (tertiary/aromatic N) is 2. The van der Waals surface area contributed by atoms with Gasteiger partial charge in [-0.05, 0) is 38.1 Å². The van der Waals surface area contributed by atoms with E-state index in [0.29, 0.717) is 5.84 Å². The average Bonchev–Trinajstić information content (AvgIpc) is 2.38. The molecule has 0 radical (unpaired) electrons. The number of hydrogen-bond donors (Lipinski definition) is 0. The second-order valence-corrected chi connectivity index (χ2v) is 4.24. The van der Waals surface area contributed by atoms with Crippen LogP contribution in [0.15, 0.2) is 28.2 Å². The lowest BCUT2D eigenvalue weighted by Crippen LogP contribution is -2.04. The molecule has 0 heterocycles. The highest BCUT2D eigenvalue weighted by Crippen LogP contribution is 2.16. The molecule has 18 heavy (non-hydrogen) atoms. The molecule has 1 rings (SSSR count). The predicted octanol–water partition coefficient (Wildman–Crippen LogP) is 3.31. The molecule has 0 aliphatic rings. The summed E-state index contributed by atoms with van der Waals surface area (Å²) in [6, 6.07) is 5.82. The van der Waals surface area contributed by atoms with Crippen LogP contribution >= 0.6 is 0 Å². The lowest BCUT2D eigenvalue weighted by Gasteiger charge is -2.09. The largest absolute Gasteiger partial charge is 0.295 e. The van der Waals surface area contributed by atoms with Gasteiger partial charge in [-0.15, -0.1) is 0 Å². The zero-order valence-corrected chi connectivity index (χ0v) is 11.4. The number of Topliss-reactive ketones (excluding diaryl/α,β-unsaturated/α-hetero) is 1. The number of aryl methyl sites for hydroxylation is 1. The van der Waals surface area contributed by atoms with E-state index < -0.39 is 0 Å². The van der Waals surface area contributed by atoms with E-state index in [2.05, 4.69) is 23.6 Å². The quantitative estimate of drug-likeness (QED) is 0.445. The van der Waals surface area contributed by atoms with Crippen molar-refractivity contribution < 1.29 is 4.79 Å². The number of rotatable bonds is 5. The zero-order chi connectivity index (χ0) is 13.5. The third-order valence-corrected chi connectivity index (χ3v) is 2.91. The van der Waals surface area contributed by atoms with Crippen LogP contribution in [-0.2, 0) is 6.42 Å². The summed E-state index contributed by atoms with van der Waals surface area (Å²) in [6.07, 6.45) is 3.15. The summed E-state index contributed by atoms with van der Waals surface area (Å²) < 4.78 is 0. The SMILES string of the molecule is C=NC(=NC)c1ccc(CCCC)c(C(C)=O)c1. The minimum Gasteiger partial charge on any atom is -0.295 e. The van der Waals surface area contributed by atoms with E-state index in [-0.39, 0.29) is 5.78 Å². The molecule has 0 aliphatic carbocycles. The van der Waals surface area contributed by atoms with Gasteiger partial charge in [-0.2, -0.15) is 0 Å². The Hall–Kier alpha value is -1.77. The number of aliphatic imine (C=N–C) groups is 2. The Morgan fingerprint density at radius 1 is 1.39 bits per heavy atom. The third kappa shape index (κ3) is 3.36. The number of carbonyl (C=O) groups excluding carboxylic acids is 1. The van der Waals surface area contributed by atoms with Crippen molar-refractivity contribution in [2.45, 2.75) is 33.1 Å². The minimum atomic E-state index is 0.0856. The van der Waals surface area contributed by atoms with E-state index in [0.717, 1.165) is 36.0 Å². The molecule has 0 fully saturated rings. The molecule has 0 N–H and O–H groups in total. The van der Waals surface area contributed by atoms with Crippen molar-refractivity contribution in [2.75, 3.05) is 7.05 Å². The Morgan fingerprint density at radius 3 is 2.61 bits per heavy atom. The first-order valence-electron chi connectivity index (χ1n) is 6.21. The first-order valence-corrected chi connectivity index (χ1v) is 6.21. The Kier molecular flexibility index (Phi) is 5.43. The Bertz CT molecular complexity index is 475. The smallest absolute Gasteiger partial charge is 0.160 e.